The van der Waals surface area contributed by atoms with Crippen molar-refractivity contribution in [3.05, 3.63) is 30.6 Å². The van der Waals surface area contributed by atoms with E-state index in [2.05, 4.69) is 33.1 Å². The van der Waals surface area contributed by atoms with Crippen LogP contribution in [0.3, 0.4) is 0 Å². The van der Waals surface area contributed by atoms with Gasteiger partial charge in [0.25, 0.3) is 0 Å². The van der Waals surface area contributed by atoms with Crippen LogP contribution in [0.2, 0.25) is 0 Å². The van der Waals surface area contributed by atoms with Gasteiger partial charge in [0.05, 0.1) is 5.52 Å². The Morgan fingerprint density at radius 3 is 2.61 bits per heavy atom. The summed E-state index contributed by atoms with van der Waals surface area (Å²) in [6.07, 6.45) is 5.94. The number of rotatable bonds is 1. The maximum atomic E-state index is 4.53. The van der Waals surface area contributed by atoms with E-state index in [1.807, 2.05) is 6.07 Å². The number of para-hydroxylation sites is 1. The minimum absolute atomic E-state index is 0.902. The molecular weight excluding hydrogens is 222 g/mol. The van der Waals surface area contributed by atoms with Crippen molar-refractivity contribution in [2.45, 2.75) is 19.3 Å². The zero-order valence-electron chi connectivity index (χ0n) is 10.4. The number of fused-ring (bicyclic) bond motifs is 2. The van der Waals surface area contributed by atoms with Gasteiger partial charge in [0.2, 0.25) is 0 Å². The van der Waals surface area contributed by atoms with Crippen LogP contribution in [0.25, 0.3) is 10.9 Å². The SMILES string of the molecule is c1ccc2c(N3CC4CCCC4C3)ncnc2c1. The van der Waals surface area contributed by atoms with Crippen molar-refractivity contribution < 1.29 is 0 Å². The predicted molar refractivity (Wildman–Crippen MR) is 72.6 cm³/mol. The lowest BCUT2D eigenvalue weighted by molar-refractivity contribution is 0.494. The van der Waals surface area contributed by atoms with Crippen LogP contribution in [0.4, 0.5) is 5.82 Å². The van der Waals surface area contributed by atoms with Crippen molar-refractivity contribution in [2.75, 3.05) is 18.0 Å². The summed E-state index contributed by atoms with van der Waals surface area (Å²) in [5, 5.41) is 1.19. The van der Waals surface area contributed by atoms with Crippen LogP contribution in [-0.2, 0) is 0 Å². The van der Waals surface area contributed by atoms with Gasteiger partial charge in [-0.05, 0) is 36.8 Å². The first kappa shape index (κ1) is 10.3. The van der Waals surface area contributed by atoms with Crippen LogP contribution in [-0.4, -0.2) is 23.1 Å². The molecule has 0 spiro atoms. The Bertz CT molecular complexity index is 563. The molecule has 2 unspecified atom stereocenters. The second kappa shape index (κ2) is 3.94. The quantitative estimate of drug-likeness (QED) is 0.766. The lowest BCUT2D eigenvalue weighted by atomic mass is 10.0. The number of benzene rings is 1. The third-order valence-corrected chi connectivity index (χ3v) is 4.55. The van der Waals surface area contributed by atoms with E-state index in [0.29, 0.717) is 0 Å². The van der Waals surface area contributed by atoms with Crippen LogP contribution in [0, 0.1) is 11.8 Å². The summed E-state index contributed by atoms with van der Waals surface area (Å²) in [4.78, 5) is 11.3. The molecule has 3 heteroatoms. The fourth-order valence-electron chi connectivity index (χ4n) is 3.65. The molecule has 1 aliphatic heterocycles. The first-order valence-electron chi connectivity index (χ1n) is 6.86. The number of hydrogen-bond acceptors (Lipinski definition) is 3. The van der Waals surface area contributed by atoms with E-state index < -0.39 is 0 Å². The molecule has 0 N–H and O–H groups in total. The van der Waals surface area contributed by atoms with Gasteiger partial charge >= 0.3 is 0 Å². The summed E-state index contributed by atoms with van der Waals surface area (Å²) in [7, 11) is 0. The second-order valence-electron chi connectivity index (χ2n) is 5.57. The summed E-state index contributed by atoms with van der Waals surface area (Å²) in [5.74, 6) is 2.94. The van der Waals surface area contributed by atoms with Crippen LogP contribution in [0.1, 0.15) is 19.3 Å². The van der Waals surface area contributed by atoms with Gasteiger partial charge in [-0.15, -0.1) is 0 Å². The fourth-order valence-corrected chi connectivity index (χ4v) is 3.65. The first-order chi connectivity index (χ1) is 8.92. The van der Waals surface area contributed by atoms with E-state index in [-0.39, 0.29) is 0 Å². The number of aromatic nitrogens is 2. The van der Waals surface area contributed by atoms with E-state index in [1.54, 1.807) is 6.33 Å². The van der Waals surface area contributed by atoms with Crippen molar-refractivity contribution in [1.29, 1.82) is 0 Å². The third kappa shape index (κ3) is 1.50. The molecule has 1 saturated carbocycles. The highest BCUT2D eigenvalue weighted by molar-refractivity contribution is 5.89. The van der Waals surface area contributed by atoms with Crippen molar-refractivity contribution in [3.8, 4) is 0 Å². The van der Waals surface area contributed by atoms with Crippen molar-refractivity contribution >= 4 is 16.7 Å². The Morgan fingerprint density at radius 1 is 1.00 bits per heavy atom. The van der Waals surface area contributed by atoms with E-state index in [1.165, 1.54) is 37.7 Å². The zero-order valence-corrected chi connectivity index (χ0v) is 10.4. The Labute approximate surface area is 107 Å². The summed E-state index contributed by atoms with van der Waals surface area (Å²) in [6.45, 7) is 2.37. The fraction of sp³-hybridized carbons (Fsp3) is 0.467. The number of hydrogen-bond donors (Lipinski definition) is 0. The molecule has 18 heavy (non-hydrogen) atoms. The molecule has 2 heterocycles. The minimum Gasteiger partial charge on any atom is -0.355 e. The lowest BCUT2D eigenvalue weighted by Crippen LogP contribution is -2.22. The largest absolute Gasteiger partial charge is 0.355 e. The van der Waals surface area contributed by atoms with Gasteiger partial charge in [-0.1, -0.05) is 18.6 Å². The molecule has 2 fully saturated rings. The van der Waals surface area contributed by atoms with Crippen molar-refractivity contribution in [2.24, 2.45) is 11.8 Å². The second-order valence-corrected chi connectivity index (χ2v) is 5.57. The monoisotopic (exact) mass is 239 g/mol. The maximum Gasteiger partial charge on any atom is 0.139 e. The maximum absolute atomic E-state index is 4.53. The molecule has 1 aromatic carbocycles. The van der Waals surface area contributed by atoms with Crippen LogP contribution in [0.5, 0.6) is 0 Å². The van der Waals surface area contributed by atoms with Crippen LogP contribution < -0.4 is 4.90 Å². The molecule has 0 bridgehead atoms. The first-order valence-corrected chi connectivity index (χ1v) is 6.86. The van der Waals surface area contributed by atoms with Crippen LogP contribution >= 0.6 is 0 Å². The smallest absolute Gasteiger partial charge is 0.139 e. The zero-order chi connectivity index (χ0) is 11.9. The molecule has 1 saturated heterocycles. The number of anilines is 1. The van der Waals surface area contributed by atoms with Gasteiger partial charge in [-0.2, -0.15) is 0 Å². The lowest BCUT2D eigenvalue weighted by Gasteiger charge is -2.19. The Hall–Kier alpha value is -1.64. The highest BCUT2D eigenvalue weighted by Crippen LogP contribution is 2.40. The van der Waals surface area contributed by atoms with Gasteiger partial charge in [-0.25, -0.2) is 9.97 Å². The average molecular weight is 239 g/mol. The van der Waals surface area contributed by atoms with E-state index in [9.17, 15) is 0 Å². The molecule has 1 aromatic heterocycles. The molecule has 92 valence electrons. The normalized spacial score (nSPS) is 26.8. The average Bonchev–Trinajstić information content (AvgIpc) is 2.99. The minimum atomic E-state index is 0.902. The molecule has 1 aliphatic carbocycles. The van der Waals surface area contributed by atoms with Crippen molar-refractivity contribution in [1.82, 2.24) is 9.97 Å². The van der Waals surface area contributed by atoms with Gasteiger partial charge < -0.3 is 4.90 Å². The van der Waals surface area contributed by atoms with Crippen LogP contribution in [0.15, 0.2) is 30.6 Å². The van der Waals surface area contributed by atoms with Gasteiger partial charge in [0.1, 0.15) is 12.1 Å². The summed E-state index contributed by atoms with van der Waals surface area (Å²) >= 11 is 0. The van der Waals surface area contributed by atoms with Gasteiger partial charge in [0.15, 0.2) is 0 Å². The van der Waals surface area contributed by atoms with E-state index in [4.69, 9.17) is 0 Å². The number of nitrogens with zero attached hydrogens (tertiary/aromatic N) is 3. The third-order valence-electron chi connectivity index (χ3n) is 4.55. The molecule has 3 nitrogen and oxygen atoms in total. The predicted octanol–water partition coefficient (Wildman–Crippen LogP) is 2.87. The Kier molecular flexibility index (Phi) is 2.25. The molecule has 0 amide bonds. The van der Waals surface area contributed by atoms with Crippen molar-refractivity contribution in [3.63, 3.8) is 0 Å². The highest BCUT2D eigenvalue weighted by atomic mass is 15.2. The molecule has 0 radical (unpaired) electrons. The topological polar surface area (TPSA) is 29.0 Å². The highest BCUT2D eigenvalue weighted by Gasteiger charge is 2.36. The Balaban J connectivity index is 1.75. The molecular formula is C15H17N3. The molecule has 2 aliphatic rings. The standard InChI is InChI=1S/C15H17N3/c1-2-7-14-13(6-1)15(17-10-16-14)18-8-11-4-3-5-12(11)9-18/h1-2,6-7,10-12H,3-5,8-9H2. The molecule has 2 atom stereocenters. The molecule has 2 aromatic rings. The molecule has 4 rings (SSSR count). The Morgan fingerprint density at radius 2 is 1.78 bits per heavy atom. The van der Waals surface area contributed by atoms with E-state index in [0.717, 1.165) is 23.2 Å². The summed E-state index contributed by atoms with van der Waals surface area (Å²) < 4.78 is 0. The summed E-state index contributed by atoms with van der Waals surface area (Å²) in [5.41, 5.74) is 1.06. The van der Waals surface area contributed by atoms with Gasteiger partial charge in [0, 0.05) is 18.5 Å². The summed E-state index contributed by atoms with van der Waals surface area (Å²) in [6, 6.07) is 8.32. The van der Waals surface area contributed by atoms with Gasteiger partial charge in [-0.3, -0.25) is 0 Å². The van der Waals surface area contributed by atoms with E-state index >= 15 is 0 Å².